The van der Waals surface area contributed by atoms with Crippen LogP contribution >= 0.6 is 11.8 Å². The summed E-state index contributed by atoms with van der Waals surface area (Å²) in [7, 11) is 1.28. The van der Waals surface area contributed by atoms with Crippen molar-refractivity contribution in [1.82, 2.24) is 4.98 Å². The predicted molar refractivity (Wildman–Crippen MR) is 81.1 cm³/mol. The molecule has 0 fully saturated rings. The molecule has 0 aliphatic carbocycles. The summed E-state index contributed by atoms with van der Waals surface area (Å²) in [4.78, 5) is 38.4. The third-order valence-electron chi connectivity index (χ3n) is 2.78. The first-order valence-corrected chi connectivity index (χ1v) is 7.44. The average molecular weight is 310 g/mol. The highest BCUT2D eigenvalue weighted by molar-refractivity contribution is 8.13. The Balaban J connectivity index is 2.72. The molecule has 1 aromatic rings. The number of rotatable bonds is 6. The van der Waals surface area contributed by atoms with Gasteiger partial charge in [-0.3, -0.25) is 14.6 Å². The van der Waals surface area contributed by atoms with E-state index in [4.69, 9.17) is 0 Å². The van der Waals surface area contributed by atoms with Crippen LogP contribution in [-0.2, 0) is 14.3 Å². The van der Waals surface area contributed by atoms with Crippen molar-refractivity contribution in [1.29, 1.82) is 0 Å². The van der Waals surface area contributed by atoms with Gasteiger partial charge in [-0.2, -0.15) is 0 Å². The first-order chi connectivity index (χ1) is 9.97. The third-order valence-corrected chi connectivity index (χ3v) is 3.75. The lowest BCUT2D eigenvalue weighted by Crippen LogP contribution is -2.24. The van der Waals surface area contributed by atoms with Crippen LogP contribution < -0.4 is 5.32 Å². The minimum absolute atomic E-state index is 0.0180. The lowest BCUT2D eigenvalue weighted by molar-refractivity contribution is -0.119. The van der Waals surface area contributed by atoms with Gasteiger partial charge in [-0.25, -0.2) is 4.79 Å². The largest absolute Gasteiger partial charge is 0.465 e. The summed E-state index contributed by atoms with van der Waals surface area (Å²) in [5, 5.41) is 2.68. The minimum atomic E-state index is -0.516. The Morgan fingerprint density at radius 3 is 2.67 bits per heavy atom. The van der Waals surface area contributed by atoms with Gasteiger partial charge in [0, 0.05) is 24.8 Å². The zero-order valence-corrected chi connectivity index (χ0v) is 13.0. The summed E-state index contributed by atoms with van der Waals surface area (Å²) in [6.45, 7) is 3.35. The highest BCUT2D eigenvalue weighted by Crippen LogP contribution is 2.16. The Bertz CT molecular complexity index is 533. The second-order valence-corrected chi connectivity index (χ2v) is 5.55. The van der Waals surface area contributed by atoms with Crippen molar-refractivity contribution in [2.24, 2.45) is 5.92 Å². The van der Waals surface area contributed by atoms with E-state index in [-0.39, 0.29) is 22.5 Å². The first kappa shape index (κ1) is 17.2. The van der Waals surface area contributed by atoms with Gasteiger partial charge >= 0.3 is 5.97 Å². The molecule has 0 aromatic carbocycles. The first-order valence-electron chi connectivity index (χ1n) is 6.45. The number of ether oxygens (including phenoxy) is 1. The van der Waals surface area contributed by atoms with Crippen molar-refractivity contribution in [2.75, 3.05) is 18.2 Å². The molecule has 6 nitrogen and oxygen atoms in total. The van der Waals surface area contributed by atoms with Gasteiger partial charge < -0.3 is 10.1 Å². The molecular formula is C14H18N2O4S. The number of methoxy groups -OCH3 is 1. The maximum absolute atomic E-state index is 12.1. The molecule has 1 amide bonds. The summed E-state index contributed by atoms with van der Waals surface area (Å²) in [6, 6.07) is 1.50. The molecule has 7 heteroatoms. The van der Waals surface area contributed by atoms with Crippen molar-refractivity contribution in [2.45, 2.75) is 20.3 Å². The zero-order valence-electron chi connectivity index (χ0n) is 12.2. The van der Waals surface area contributed by atoms with Crippen LogP contribution in [0, 0.1) is 5.92 Å². The van der Waals surface area contributed by atoms with Crippen molar-refractivity contribution in [3.05, 3.63) is 24.0 Å². The molecule has 0 bridgehead atoms. The molecule has 0 spiro atoms. The van der Waals surface area contributed by atoms with E-state index >= 15 is 0 Å². The van der Waals surface area contributed by atoms with E-state index in [0.29, 0.717) is 17.9 Å². The lowest BCUT2D eigenvalue weighted by Gasteiger charge is -2.14. The lowest BCUT2D eigenvalue weighted by atomic mass is 10.1. The Hall–Kier alpha value is -1.89. The Kier molecular flexibility index (Phi) is 6.87. The molecule has 1 atom stereocenters. The van der Waals surface area contributed by atoms with Crippen LogP contribution in [0.15, 0.2) is 18.5 Å². The highest BCUT2D eigenvalue weighted by Gasteiger charge is 2.18. The maximum Gasteiger partial charge on any atom is 0.339 e. The number of anilines is 1. The van der Waals surface area contributed by atoms with Crippen LogP contribution in [0.1, 0.15) is 30.6 Å². The summed E-state index contributed by atoms with van der Waals surface area (Å²) in [5.74, 6) is -0.560. The topological polar surface area (TPSA) is 85.4 Å². The third kappa shape index (κ3) is 5.55. The summed E-state index contributed by atoms with van der Waals surface area (Å²) in [6.07, 6.45) is 3.44. The number of aromatic nitrogens is 1. The van der Waals surface area contributed by atoms with Crippen molar-refractivity contribution in [3.63, 3.8) is 0 Å². The van der Waals surface area contributed by atoms with E-state index < -0.39 is 5.97 Å². The smallest absolute Gasteiger partial charge is 0.339 e. The quantitative estimate of drug-likeness (QED) is 0.810. The SMILES string of the molecule is CCC(CSC(C)=O)C(=O)Nc1cncc(C(=O)OC)c1. The fourth-order valence-electron chi connectivity index (χ4n) is 1.58. The number of amides is 1. The monoisotopic (exact) mass is 310 g/mol. The van der Waals surface area contributed by atoms with Crippen molar-refractivity contribution in [3.8, 4) is 0 Å². The van der Waals surface area contributed by atoms with Crippen LogP contribution in [0.3, 0.4) is 0 Å². The Labute approximate surface area is 127 Å². The van der Waals surface area contributed by atoms with Crippen LogP contribution in [0.25, 0.3) is 0 Å². The minimum Gasteiger partial charge on any atom is -0.465 e. The Morgan fingerprint density at radius 1 is 1.38 bits per heavy atom. The summed E-state index contributed by atoms with van der Waals surface area (Å²) >= 11 is 1.13. The van der Waals surface area contributed by atoms with Crippen molar-refractivity contribution >= 4 is 34.4 Å². The number of hydrogen-bond donors (Lipinski definition) is 1. The second-order valence-electron chi connectivity index (χ2n) is 4.35. The number of nitrogens with one attached hydrogen (secondary N) is 1. The predicted octanol–water partition coefficient (Wildman–Crippen LogP) is 2.11. The number of thioether (sulfide) groups is 1. The highest BCUT2D eigenvalue weighted by atomic mass is 32.2. The van der Waals surface area contributed by atoms with Crippen LogP contribution in [0.5, 0.6) is 0 Å². The van der Waals surface area contributed by atoms with E-state index in [1.807, 2.05) is 6.92 Å². The number of hydrogen-bond acceptors (Lipinski definition) is 6. The molecule has 21 heavy (non-hydrogen) atoms. The van der Waals surface area contributed by atoms with Gasteiger partial charge in [0.05, 0.1) is 24.6 Å². The van der Waals surface area contributed by atoms with Gasteiger partial charge in [-0.05, 0) is 12.5 Å². The molecular weight excluding hydrogens is 292 g/mol. The summed E-state index contributed by atoms with van der Waals surface area (Å²) < 4.78 is 4.60. The van der Waals surface area contributed by atoms with Gasteiger partial charge in [0.2, 0.25) is 5.91 Å². The maximum atomic E-state index is 12.1. The van der Waals surface area contributed by atoms with Gasteiger partial charge in [-0.15, -0.1) is 0 Å². The summed E-state index contributed by atoms with van der Waals surface area (Å²) in [5.41, 5.74) is 0.690. The fourth-order valence-corrected chi connectivity index (χ4v) is 2.40. The zero-order chi connectivity index (χ0) is 15.8. The number of carbonyl (C=O) groups excluding carboxylic acids is 3. The van der Waals surface area contributed by atoms with E-state index in [1.165, 1.54) is 32.5 Å². The molecule has 0 radical (unpaired) electrons. The van der Waals surface area contributed by atoms with Gasteiger partial charge in [-0.1, -0.05) is 18.7 Å². The number of pyridine rings is 1. The molecule has 1 rings (SSSR count). The van der Waals surface area contributed by atoms with Gasteiger partial charge in [0.25, 0.3) is 0 Å². The average Bonchev–Trinajstić information content (AvgIpc) is 2.47. The number of carbonyl (C=O) groups is 3. The van der Waals surface area contributed by atoms with E-state index in [2.05, 4.69) is 15.0 Å². The Morgan fingerprint density at radius 2 is 2.10 bits per heavy atom. The van der Waals surface area contributed by atoms with Gasteiger partial charge in [0.1, 0.15) is 0 Å². The molecule has 0 aliphatic heterocycles. The van der Waals surface area contributed by atoms with Gasteiger partial charge in [0.15, 0.2) is 5.12 Å². The number of nitrogens with zero attached hydrogens (tertiary/aromatic N) is 1. The molecule has 0 saturated carbocycles. The molecule has 1 unspecified atom stereocenters. The standard InChI is InChI=1S/C14H18N2O4S/c1-4-10(8-21-9(2)17)13(18)16-12-5-11(6-15-7-12)14(19)20-3/h5-7,10H,4,8H2,1-3H3,(H,16,18). The molecule has 114 valence electrons. The van der Waals surface area contributed by atoms with Crippen LogP contribution in [0.4, 0.5) is 5.69 Å². The van der Waals surface area contributed by atoms with Crippen molar-refractivity contribution < 1.29 is 19.1 Å². The van der Waals surface area contributed by atoms with E-state index in [1.54, 1.807) is 0 Å². The molecule has 1 heterocycles. The number of esters is 1. The van der Waals surface area contributed by atoms with Crippen LogP contribution in [0.2, 0.25) is 0 Å². The molecule has 1 N–H and O–H groups in total. The normalized spacial score (nSPS) is 11.6. The fraction of sp³-hybridized carbons (Fsp3) is 0.429. The molecule has 1 aromatic heterocycles. The second kappa shape index (κ2) is 8.41. The van der Waals surface area contributed by atoms with E-state index in [9.17, 15) is 14.4 Å². The molecule has 0 aliphatic rings. The van der Waals surface area contributed by atoms with E-state index in [0.717, 1.165) is 11.8 Å². The van der Waals surface area contributed by atoms with Crippen LogP contribution in [-0.4, -0.2) is 34.8 Å². The molecule has 0 saturated heterocycles.